The summed E-state index contributed by atoms with van der Waals surface area (Å²) in [4.78, 5) is 21.8. The molecule has 0 aromatic heterocycles. The average Bonchev–Trinajstić information content (AvgIpc) is 3.52. The van der Waals surface area contributed by atoms with Crippen molar-refractivity contribution in [3.63, 3.8) is 0 Å². The Bertz CT molecular complexity index is 789. The lowest BCUT2D eigenvalue weighted by Gasteiger charge is -2.19. The van der Waals surface area contributed by atoms with E-state index < -0.39 is 11.4 Å². The van der Waals surface area contributed by atoms with Crippen LogP contribution in [-0.2, 0) is 27.2 Å². The number of rotatable bonds is 17. The summed E-state index contributed by atoms with van der Waals surface area (Å²) >= 11 is 0. The molecule has 1 aliphatic carbocycles. The molecule has 0 spiro atoms. The second-order valence-corrected chi connectivity index (χ2v) is 11.0. The molecule has 0 aliphatic heterocycles. The molecule has 186 valence electrons. The van der Waals surface area contributed by atoms with Crippen LogP contribution in [0.5, 0.6) is 0 Å². The molecule has 0 heterocycles. The van der Waals surface area contributed by atoms with E-state index in [-0.39, 0.29) is 5.60 Å². The van der Waals surface area contributed by atoms with Crippen LogP contribution in [0.1, 0.15) is 119 Å². The molecule has 0 amide bonds. The fourth-order valence-corrected chi connectivity index (χ4v) is 4.94. The van der Waals surface area contributed by atoms with E-state index in [0.29, 0.717) is 6.47 Å². The van der Waals surface area contributed by atoms with Crippen molar-refractivity contribution in [2.45, 2.75) is 130 Å². The fraction of sp³-hybridized carbons (Fsp3) is 0.724. The first-order chi connectivity index (χ1) is 15.6. The molecule has 4 nitrogen and oxygen atoms in total. The number of aliphatic carboxylic acids is 1. The molecule has 1 aromatic carbocycles. The summed E-state index contributed by atoms with van der Waals surface area (Å²) in [5.74, 6) is -0.695. The second kappa shape index (κ2) is 12.6. The molecule has 0 radical (unpaired) electrons. The van der Waals surface area contributed by atoms with E-state index in [4.69, 9.17) is 4.74 Å². The normalized spacial score (nSPS) is 14.8. The van der Waals surface area contributed by atoms with Gasteiger partial charge in [-0.2, -0.15) is 0 Å². The minimum Gasteiger partial charge on any atom is -0.481 e. The largest absolute Gasteiger partial charge is 0.481 e. The standard InChI is InChI=1S/C29H46O4/c1-22-20-25(14-10-6-9-13-17-29(18-19-29)33-21-30)24(3)26(23(22)2)15-11-7-8-12-16-28(4,5)27(31)32/h20-21H,6-19H2,1-5H3,(H,31,32). The molecule has 33 heavy (non-hydrogen) atoms. The van der Waals surface area contributed by atoms with Gasteiger partial charge < -0.3 is 9.84 Å². The monoisotopic (exact) mass is 458 g/mol. The molecular weight excluding hydrogens is 412 g/mol. The van der Waals surface area contributed by atoms with Crippen molar-refractivity contribution in [1.82, 2.24) is 0 Å². The molecule has 1 aliphatic rings. The molecule has 1 aromatic rings. The Morgan fingerprint density at radius 1 is 0.970 bits per heavy atom. The number of carboxylic acids is 1. The number of hydrogen-bond acceptors (Lipinski definition) is 3. The summed E-state index contributed by atoms with van der Waals surface area (Å²) in [6.45, 7) is 11.0. The molecule has 0 unspecified atom stereocenters. The number of unbranched alkanes of at least 4 members (excludes halogenated alkanes) is 6. The minimum atomic E-state index is -0.695. The van der Waals surface area contributed by atoms with Gasteiger partial charge in [-0.1, -0.05) is 38.2 Å². The van der Waals surface area contributed by atoms with Crippen molar-refractivity contribution in [3.05, 3.63) is 33.9 Å². The Kier molecular flexibility index (Phi) is 10.4. The third-order valence-corrected chi connectivity index (χ3v) is 7.86. The number of aryl methyl sites for hydroxylation is 2. The zero-order valence-electron chi connectivity index (χ0n) is 21.7. The maximum Gasteiger partial charge on any atom is 0.309 e. The van der Waals surface area contributed by atoms with Crippen LogP contribution in [0.2, 0.25) is 0 Å². The lowest BCUT2D eigenvalue weighted by molar-refractivity contribution is -0.147. The summed E-state index contributed by atoms with van der Waals surface area (Å²) in [7, 11) is 0. The maximum absolute atomic E-state index is 11.2. The molecule has 1 saturated carbocycles. The number of carboxylic acid groups (broad SMARTS) is 1. The fourth-order valence-electron chi connectivity index (χ4n) is 4.94. The van der Waals surface area contributed by atoms with Crippen molar-refractivity contribution >= 4 is 12.4 Å². The van der Waals surface area contributed by atoms with E-state index in [1.54, 1.807) is 0 Å². The highest BCUT2D eigenvalue weighted by Gasteiger charge is 2.44. The van der Waals surface area contributed by atoms with E-state index >= 15 is 0 Å². The van der Waals surface area contributed by atoms with Crippen LogP contribution >= 0.6 is 0 Å². The van der Waals surface area contributed by atoms with Gasteiger partial charge in [0.2, 0.25) is 0 Å². The van der Waals surface area contributed by atoms with Crippen molar-refractivity contribution in [3.8, 4) is 0 Å². The zero-order valence-corrected chi connectivity index (χ0v) is 21.7. The lowest BCUT2D eigenvalue weighted by Crippen LogP contribution is -2.23. The molecule has 0 saturated heterocycles. The number of hydrogen-bond donors (Lipinski definition) is 1. The third kappa shape index (κ3) is 8.46. The third-order valence-electron chi connectivity index (χ3n) is 7.86. The molecule has 0 atom stereocenters. The van der Waals surface area contributed by atoms with E-state index in [2.05, 4.69) is 26.8 Å². The first-order valence-corrected chi connectivity index (χ1v) is 13.1. The van der Waals surface area contributed by atoms with Crippen molar-refractivity contribution in [2.24, 2.45) is 5.41 Å². The van der Waals surface area contributed by atoms with Crippen LogP contribution in [0, 0.1) is 26.2 Å². The Morgan fingerprint density at radius 2 is 1.58 bits per heavy atom. The van der Waals surface area contributed by atoms with Crippen LogP contribution in [0.3, 0.4) is 0 Å². The Hall–Kier alpha value is -1.84. The topological polar surface area (TPSA) is 63.6 Å². The van der Waals surface area contributed by atoms with Gasteiger partial charge in [-0.3, -0.25) is 9.59 Å². The zero-order chi connectivity index (χ0) is 24.5. The van der Waals surface area contributed by atoms with Gasteiger partial charge in [0.1, 0.15) is 5.60 Å². The van der Waals surface area contributed by atoms with Gasteiger partial charge in [0.25, 0.3) is 6.47 Å². The summed E-state index contributed by atoms with van der Waals surface area (Å²) in [5, 5.41) is 9.25. The van der Waals surface area contributed by atoms with Crippen molar-refractivity contribution < 1.29 is 19.4 Å². The number of benzene rings is 1. The Labute approximate surface area is 201 Å². The van der Waals surface area contributed by atoms with Gasteiger partial charge in [0.15, 0.2) is 0 Å². The van der Waals surface area contributed by atoms with E-state index in [9.17, 15) is 14.7 Å². The van der Waals surface area contributed by atoms with Crippen LogP contribution in [0.25, 0.3) is 0 Å². The molecule has 4 heteroatoms. The first kappa shape index (κ1) is 27.4. The number of ether oxygens (including phenoxy) is 1. The van der Waals surface area contributed by atoms with E-state index in [1.165, 1.54) is 53.5 Å². The van der Waals surface area contributed by atoms with Gasteiger partial charge in [-0.15, -0.1) is 0 Å². The first-order valence-electron chi connectivity index (χ1n) is 13.1. The van der Waals surface area contributed by atoms with Crippen molar-refractivity contribution in [2.75, 3.05) is 0 Å². The number of carbonyl (C=O) groups excluding carboxylic acids is 1. The molecule has 0 bridgehead atoms. The van der Waals surface area contributed by atoms with Gasteiger partial charge in [-0.25, -0.2) is 0 Å². The van der Waals surface area contributed by atoms with E-state index in [0.717, 1.165) is 64.2 Å². The predicted molar refractivity (Wildman–Crippen MR) is 135 cm³/mol. The molecule has 1 fully saturated rings. The van der Waals surface area contributed by atoms with E-state index in [1.807, 2.05) is 13.8 Å². The van der Waals surface area contributed by atoms with Crippen molar-refractivity contribution in [1.29, 1.82) is 0 Å². The smallest absolute Gasteiger partial charge is 0.309 e. The van der Waals surface area contributed by atoms with Crippen LogP contribution in [0.4, 0.5) is 0 Å². The highest BCUT2D eigenvalue weighted by molar-refractivity contribution is 5.73. The summed E-state index contributed by atoms with van der Waals surface area (Å²) < 4.78 is 5.24. The molecule has 2 rings (SSSR count). The molecular formula is C29H46O4. The van der Waals surface area contributed by atoms with Crippen LogP contribution < -0.4 is 0 Å². The Morgan fingerprint density at radius 3 is 2.18 bits per heavy atom. The Balaban J connectivity index is 1.74. The average molecular weight is 459 g/mol. The van der Waals surface area contributed by atoms with Gasteiger partial charge in [-0.05, 0) is 120 Å². The van der Waals surface area contributed by atoms with Crippen LogP contribution in [-0.4, -0.2) is 23.1 Å². The SMILES string of the molecule is Cc1cc(CCCCCCC2(OC=O)CC2)c(C)c(CCCCCCC(C)(C)C(=O)O)c1C. The lowest BCUT2D eigenvalue weighted by atomic mass is 9.86. The highest BCUT2D eigenvalue weighted by Crippen LogP contribution is 2.43. The summed E-state index contributed by atoms with van der Waals surface area (Å²) in [6, 6.07) is 2.39. The van der Waals surface area contributed by atoms with Crippen LogP contribution in [0.15, 0.2) is 6.07 Å². The van der Waals surface area contributed by atoms with Gasteiger partial charge >= 0.3 is 5.97 Å². The summed E-state index contributed by atoms with van der Waals surface area (Å²) in [5.41, 5.74) is 6.62. The molecule has 1 N–H and O–H groups in total. The quantitative estimate of drug-likeness (QED) is 0.195. The number of carbonyl (C=O) groups is 2. The summed E-state index contributed by atoms with van der Waals surface area (Å²) in [6.07, 6.45) is 15.3. The minimum absolute atomic E-state index is 0.103. The highest BCUT2D eigenvalue weighted by atomic mass is 16.5. The van der Waals surface area contributed by atoms with Gasteiger partial charge in [0, 0.05) is 0 Å². The maximum atomic E-state index is 11.2. The second-order valence-electron chi connectivity index (χ2n) is 11.0. The van der Waals surface area contributed by atoms with Gasteiger partial charge in [0.05, 0.1) is 5.41 Å². The predicted octanol–water partition coefficient (Wildman–Crippen LogP) is 7.41.